The largest absolute Gasteiger partial charge is 0.456 e. The van der Waals surface area contributed by atoms with Crippen molar-refractivity contribution in [1.82, 2.24) is 15.0 Å². The molecule has 0 radical (unpaired) electrons. The summed E-state index contributed by atoms with van der Waals surface area (Å²) in [6, 6.07) is 55.8. The monoisotopic (exact) mass is 641 g/mol. The quantitative estimate of drug-likeness (QED) is 0.187. The van der Waals surface area contributed by atoms with E-state index in [-0.39, 0.29) is 0 Å². The number of para-hydroxylation sites is 2. The van der Waals surface area contributed by atoms with Gasteiger partial charge >= 0.3 is 0 Å². The Hall–Kier alpha value is -6.85. The molecule has 5 heteroatoms. The lowest BCUT2D eigenvalue weighted by molar-refractivity contribution is 0.668. The summed E-state index contributed by atoms with van der Waals surface area (Å²) in [6.45, 7) is 0. The van der Waals surface area contributed by atoms with Gasteiger partial charge in [0, 0.05) is 38.2 Å². The van der Waals surface area contributed by atoms with Crippen molar-refractivity contribution in [3.63, 3.8) is 0 Å². The molecule has 0 N–H and O–H groups in total. The van der Waals surface area contributed by atoms with Crippen LogP contribution in [0.2, 0.25) is 0 Å². The minimum Gasteiger partial charge on any atom is -0.456 e. The standard InChI is InChI=1S/C45H27N3O2/c1-3-11-28(12-4-1)43-46-44(29-13-5-2-6-14-29)48-45(47-43)32-20-22-33(31-19-23-36-34-15-7-9-17-39(34)50-42(36)27-31)37(26-32)30-21-24-41-38(25-30)35-16-8-10-18-40(35)49-41/h1-27H. The highest BCUT2D eigenvalue weighted by molar-refractivity contribution is 6.08. The zero-order valence-corrected chi connectivity index (χ0v) is 26.7. The second-order valence-corrected chi connectivity index (χ2v) is 12.4. The number of furan rings is 2. The highest BCUT2D eigenvalue weighted by Gasteiger charge is 2.18. The van der Waals surface area contributed by atoms with Crippen LogP contribution >= 0.6 is 0 Å². The molecule has 3 aromatic heterocycles. The van der Waals surface area contributed by atoms with Crippen molar-refractivity contribution in [2.45, 2.75) is 0 Å². The highest BCUT2D eigenvalue weighted by Crippen LogP contribution is 2.40. The van der Waals surface area contributed by atoms with Gasteiger partial charge in [-0.15, -0.1) is 0 Å². The Labute approximate surface area is 287 Å². The fourth-order valence-corrected chi connectivity index (χ4v) is 6.90. The summed E-state index contributed by atoms with van der Waals surface area (Å²) in [5, 5.41) is 4.37. The molecule has 234 valence electrons. The van der Waals surface area contributed by atoms with Gasteiger partial charge in [0.25, 0.3) is 0 Å². The summed E-state index contributed by atoms with van der Waals surface area (Å²) in [5.41, 5.74) is 10.5. The van der Waals surface area contributed by atoms with E-state index in [0.29, 0.717) is 17.5 Å². The molecular formula is C45H27N3O2. The molecule has 7 aromatic carbocycles. The van der Waals surface area contributed by atoms with Crippen molar-refractivity contribution < 1.29 is 8.83 Å². The van der Waals surface area contributed by atoms with Crippen molar-refractivity contribution in [2.24, 2.45) is 0 Å². The first kappa shape index (κ1) is 28.2. The lowest BCUT2D eigenvalue weighted by Gasteiger charge is -2.14. The van der Waals surface area contributed by atoms with E-state index in [1.54, 1.807) is 0 Å². The molecule has 0 saturated carbocycles. The topological polar surface area (TPSA) is 65.0 Å². The predicted molar refractivity (Wildman–Crippen MR) is 202 cm³/mol. The normalized spacial score (nSPS) is 11.6. The first-order valence-electron chi connectivity index (χ1n) is 16.6. The fourth-order valence-electron chi connectivity index (χ4n) is 6.90. The summed E-state index contributed by atoms with van der Waals surface area (Å²) in [4.78, 5) is 15.0. The SMILES string of the molecule is c1ccc(-c2nc(-c3ccccc3)nc(-c3ccc(-c4ccc5c(c4)oc4ccccc45)c(-c4ccc5oc6ccccc6c5c4)c3)n2)cc1. The predicted octanol–water partition coefficient (Wildman–Crippen LogP) is 12.0. The molecule has 10 aromatic rings. The lowest BCUT2D eigenvalue weighted by atomic mass is 9.91. The zero-order chi connectivity index (χ0) is 33.0. The van der Waals surface area contributed by atoms with Crippen LogP contribution in [0, 0.1) is 0 Å². The van der Waals surface area contributed by atoms with Crippen LogP contribution in [0.1, 0.15) is 0 Å². The van der Waals surface area contributed by atoms with Gasteiger partial charge in [-0.05, 0) is 64.7 Å². The second-order valence-electron chi connectivity index (χ2n) is 12.4. The second kappa shape index (κ2) is 11.4. The highest BCUT2D eigenvalue weighted by atomic mass is 16.3. The van der Waals surface area contributed by atoms with Gasteiger partial charge in [-0.2, -0.15) is 0 Å². The van der Waals surface area contributed by atoms with Crippen LogP contribution in [-0.2, 0) is 0 Å². The smallest absolute Gasteiger partial charge is 0.164 e. The molecule has 0 bridgehead atoms. The summed E-state index contributed by atoms with van der Waals surface area (Å²) >= 11 is 0. The van der Waals surface area contributed by atoms with Crippen LogP contribution in [-0.4, -0.2) is 15.0 Å². The van der Waals surface area contributed by atoms with E-state index in [0.717, 1.165) is 82.8 Å². The Morgan fingerprint density at radius 3 is 1.44 bits per heavy atom. The molecule has 0 aliphatic heterocycles. The number of rotatable bonds is 5. The minimum atomic E-state index is 0.605. The van der Waals surface area contributed by atoms with E-state index in [4.69, 9.17) is 23.8 Å². The van der Waals surface area contributed by atoms with E-state index >= 15 is 0 Å². The van der Waals surface area contributed by atoms with Crippen LogP contribution < -0.4 is 0 Å². The third-order valence-electron chi connectivity index (χ3n) is 9.35. The number of nitrogens with zero attached hydrogens (tertiary/aromatic N) is 3. The molecule has 0 unspecified atom stereocenters. The van der Waals surface area contributed by atoms with Gasteiger partial charge in [-0.1, -0.05) is 121 Å². The summed E-state index contributed by atoms with van der Waals surface area (Å²) in [7, 11) is 0. The number of fused-ring (bicyclic) bond motifs is 6. The molecule has 0 saturated heterocycles. The molecule has 0 amide bonds. The number of benzene rings is 7. The maximum atomic E-state index is 6.32. The van der Waals surface area contributed by atoms with Gasteiger partial charge in [-0.25, -0.2) is 15.0 Å². The van der Waals surface area contributed by atoms with Crippen LogP contribution in [0.5, 0.6) is 0 Å². The summed E-state index contributed by atoms with van der Waals surface area (Å²) in [5.74, 6) is 1.86. The van der Waals surface area contributed by atoms with Gasteiger partial charge < -0.3 is 8.83 Å². The van der Waals surface area contributed by atoms with Crippen molar-refractivity contribution >= 4 is 43.9 Å². The third kappa shape index (κ3) is 4.75. The third-order valence-corrected chi connectivity index (χ3v) is 9.35. The van der Waals surface area contributed by atoms with Crippen molar-refractivity contribution in [3.05, 3.63) is 164 Å². The first-order chi connectivity index (χ1) is 24.7. The van der Waals surface area contributed by atoms with E-state index in [1.807, 2.05) is 97.1 Å². The first-order valence-corrected chi connectivity index (χ1v) is 16.6. The van der Waals surface area contributed by atoms with Crippen LogP contribution in [0.4, 0.5) is 0 Å². The maximum Gasteiger partial charge on any atom is 0.164 e. The maximum absolute atomic E-state index is 6.32. The van der Waals surface area contributed by atoms with E-state index in [9.17, 15) is 0 Å². The van der Waals surface area contributed by atoms with Gasteiger partial charge in [0.1, 0.15) is 22.3 Å². The fraction of sp³-hybridized carbons (Fsp3) is 0. The molecular weight excluding hydrogens is 615 g/mol. The Kier molecular flexibility index (Phi) is 6.42. The van der Waals surface area contributed by atoms with Crippen LogP contribution in [0.15, 0.2) is 173 Å². The number of hydrogen-bond donors (Lipinski definition) is 0. The molecule has 50 heavy (non-hydrogen) atoms. The Morgan fingerprint density at radius 1 is 0.280 bits per heavy atom. The Morgan fingerprint density at radius 2 is 0.760 bits per heavy atom. The molecule has 5 nitrogen and oxygen atoms in total. The number of hydrogen-bond acceptors (Lipinski definition) is 5. The molecule has 10 rings (SSSR count). The lowest BCUT2D eigenvalue weighted by Crippen LogP contribution is -2.00. The summed E-state index contributed by atoms with van der Waals surface area (Å²) in [6.07, 6.45) is 0. The summed E-state index contributed by atoms with van der Waals surface area (Å²) < 4.78 is 12.5. The molecule has 0 aliphatic carbocycles. The Balaban J connectivity index is 1.20. The van der Waals surface area contributed by atoms with Crippen molar-refractivity contribution in [2.75, 3.05) is 0 Å². The average Bonchev–Trinajstić information content (AvgIpc) is 3.76. The van der Waals surface area contributed by atoms with E-state index in [1.165, 1.54) is 0 Å². The molecule has 0 aliphatic rings. The van der Waals surface area contributed by atoms with Gasteiger partial charge in [0.15, 0.2) is 17.5 Å². The minimum absolute atomic E-state index is 0.605. The zero-order valence-electron chi connectivity index (χ0n) is 26.7. The molecule has 0 fully saturated rings. The van der Waals surface area contributed by atoms with Gasteiger partial charge in [0.2, 0.25) is 0 Å². The number of aromatic nitrogens is 3. The van der Waals surface area contributed by atoms with Crippen LogP contribution in [0.3, 0.4) is 0 Å². The van der Waals surface area contributed by atoms with Gasteiger partial charge in [-0.3, -0.25) is 0 Å². The van der Waals surface area contributed by atoms with Crippen molar-refractivity contribution in [1.29, 1.82) is 0 Å². The van der Waals surface area contributed by atoms with E-state index < -0.39 is 0 Å². The average molecular weight is 642 g/mol. The Bertz CT molecular complexity index is 2810. The van der Waals surface area contributed by atoms with E-state index in [2.05, 4.69) is 66.7 Å². The van der Waals surface area contributed by atoms with Crippen LogP contribution in [0.25, 0.3) is 100 Å². The molecule has 0 spiro atoms. The molecule has 3 heterocycles. The van der Waals surface area contributed by atoms with Crippen molar-refractivity contribution in [3.8, 4) is 56.4 Å². The molecule has 0 atom stereocenters. The van der Waals surface area contributed by atoms with Gasteiger partial charge in [0.05, 0.1) is 0 Å².